The second-order valence-corrected chi connectivity index (χ2v) is 6.79. The maximum atomic E-state index is 13.4. The summed E-state index contributed by atoms with van der Waals surface area (Å²) in [6.07, 6.45) is 2.17. The van der Waals surface area contributed by atoms with Gasteiger partial charge in [-0.25, -0.2) is 18.7 Å². The van der Waals surface area contributed by atoms with Crippen LogP contribution in [0, 0.1) is 5.82 Å². The number of hydrogen-bond acceptors (Lipinski definition) is 6. The van der Waals surface area contributed by atoms with Crippen LogP contribution in [0.1, 0.15) is 4.88 Å². The topological polar surface area (TPSA) is 92.7 Å². The van der Waals surface area contributed by atoms with Crippen LogP contribution >= 0.6 is 11.3 Å². The third-order valence-corrected chi connectivity index (χ3v) is 4.89. The highest BCUT2D eigenvalue weighted by molar-refractivity contribution is 7.09. The largest absolute Gasteiger partial charge is 0.354 e. The molecule has 136 valence electrons. The van der Waals surface area contributed by atoms with E-state index in [1.165, 1.54) is 29.3 Å². The molecule has 1 aromatic carbocycles. The summed E-state index contributed by atoms with van der Waals surface area (Å²) in [6, 6.07) is 9.29. The monoisotopic (exact) mass is 383 g/mol. The summed E-state index contributed by atoms with van der Waals surface area (Å²) in [7, 11) is 0. The molecule has 7 nitrogen and oxygen atoms in total. The Hall–Kier alpha value is -3.33. The predicted molar refractivity (Wildman–Crippen MR) is 102 cm³/mol. The van der Waals surface area contributed by atoms with Gasteiger partial charge in [0.25, 0.3) is 5.56 Å². The molecular weight excluding hydrogens is 369 g/mol. The number of nitrogens with zero attached hydrogens (tertiary/aromatic N) is 3. The minimum absolute atomic E-state index is 0.131. The van der Waals surface area contributed by atoms with E-state index in [0.717, 1.165) is 17.1 Å². The molecular formula is C18H14FN5O2S. The van der Waals surface area contributed by atoms with Crippen molar-refractivity contribution in [3.05, 3.63) is 79.5 Å². The Morgan fingerprint density at radius 3 is 2.89 bits per heavy atom. The quantitative estimate of drug-likeness (QED) is 0.552. The molecule has 0 aliphatic rings. The molecule has 0 radical (unpaired) electrons. The minimum Gasteiger partial charge on any atom is -0.354 e. The van der Waals surface area contributed by atoms with Gasteiger partial charge in [0, 0.05) is 17.6 Å². The lowest BCUT2D eigenvalue weighted by atomic mass is 10.3. The molecule has 0 aliphatic carbocycles. The van der Waals surface area contributed by atoms with E-state index in [1.54, 1.807) is 11.3 Å². The lowest BCUT2D eigenvalue weighted by molar-refractivity contribution is 0.626. The van der Waals surface area contributed by atoms with Crippen LogP contribution in [0.5, 0.6) is 0 Å². The Kier molecular flexibility index (Phi) is 4.51. The Bertz CT molecular complexity index is 1220. The second-order valence-electron chi connectivity index (χ2n) is 5.76. The normalized spacial score (nSPS) is 11.0. The average Bonchev–Trinajstić information content (AvgIpc) is 3.15. The van der Waals surface area contributed by atoms with Gasteiger partial charge in [-0.15, -0.1) is 11.3 Å². The number of aromatic nitrogens is 4. The maximum absolute atomic E-state index is 13.4. The van der Waals surface area contributed by atoms with Crippen LogP contribution in [0.25, 0.3) is 16.7 Å². The number of anilines is 1. The number of rotatable bonds is 5. The van der Waals surface area contributed by atoms with Crippen molar-refractivity contribution < 1.29 is 4.39 Å². The van der Waals surface area contributed by atoms with Crippen molar-refractivity contribution in [2.45, 2.75) is 6.42 Å². The fourth-order valence-electron chi connectivity index (χ4n) is 2.69. The highest BCUT2D eigenvalue weighted by Gasteiger charge is 2.12. The maximum Gasteiger partial charge on any atom is 0.334 e. The first-order valence-corrected chi connectivity index (χ1v) is 9.04. The molecule has 0 atom stereocenters. The third kappa shape index (κ3) is 3.49. The van der Waals surface area contributed by atoms with Crippen LogP contribution < -0.4 is 16.6 Å². The van der Waals surface area contributed by atoms with Gasteiger partial charge in [0.2, 0.25) is 5.95 Å². The Balaban J connectivity index is 1.66. The van der Waals surface area contributed by atoms with E-state index in [2.05, 4.69) is 20.3 Å². The second kappa shape index (κ2) is 7.12. The van der Waals surface area contributed by atoms with E-state index in [-0.39, 0.29) is 16.7 Å². The minimum atomic E-state index is -0.693. The lowest BCUT2D eigenvalue weighted by Gasteiger charge is -2.08. The molecule has 4 aromatic rings. The van der Waals surface area contributed by atoms with Gasteiger partial charge in [-0.05, 0) is 36.1 Å². The third-order valence-electron chi connectivity index (χ3n) is 3.95. The van der Waals surface area contributed by atoms with Crippen LogP contribution in [-0.4, -0.2) is 26.1 Å². The molecule has 0 saturated carbocycles. The van der Waals surface area contributed by atoms with E-state index < -0.39 is 17.1 Å². The molecule has 0 bridgehead atoms. The summed E-state index contributed by atoms with van der Waals surface area (Å²) in [5.41, 5.74) is -1.03. The fraction of sp³-hybridized carbons (Fsp3) is 0.111. The standard InChI is InChI=1S/C18H14FN5O2S/c19-11-3-1-4-12(9-11)24-16(25)14-10-21-17(22-15(14)23-18(24)26)20-7-6-13-5-2-8-27-13/h1-5,8-10H,6-7H2,(H2,20,21,22,23,26). The zero-order valence-corrected chi connectivity index (χ0v) is 14.8. The summed E-state index contributed by atoms with van der Waals surface area (Å²) in [5, 5.41) is 5.22. The van der Waals surface area contributed by atoms with Gasteiger partial charge in [0.05, 0.1) is 5.69 Å². The number of fused-ring (bicyclic) bond motifs is 1. The lowest BCUT2D eigenvalue weighted by Crippen LogP contribution is -2.34. The fourth-order valence-corrected chi connectivity index (χ4v) is 3.40. The van der Waals surface area contributed by atoms with Gasteiger partial charge in [0.1, 0.15) is 11.2 Å². The van der Waals surface area contributed by atoms with Crippen molar-refractivity contribution >= 4 is 28.3 Å². The summed E-state index contributed by atoms with van der Waals surface area (Å²) >= 11 is 1.67. The zero-order chi connectivity index (χ0) is 18.8. The van der Waals surface area contributed by atoms with Crippen LogP contribution in [0.4, 0.5) is 10.3 Å². The highest BCUT2D eigenvalue weighted by Crippen LogP contribution is 2.11. The highest BCUT2D eigenvalue weighted by atomic mass is 32.1. The number of hydrogen-bond donors (Lipinski definition) is 2. The van der Waals surface area contributed by atoms with Gasteiger partial charge >= 0.3 is 5.69 Å². The van der Waals surface area contributed by atoms with E-state index in [0.29, 0.717) is 12.5 Å². The molecule has 0 fully saturated rings. The summed E-state index contributed by atoms with van der Waals surface area (Å²) in [6.45, 7) is 0.622. The molecule has 0 saturated heterocycles. The van der Waals surface area contributed by atoms with Gasteiger partial charge in [-0.1, -0.05) is 12.1 Å². The molecule has 0 spiro atoms. The first-order valence-electron chi connectivity index (χ1n) is 8.16. The van der Waals surface area contributed by atoms with Crippen molar-refractivity contribution in [1.82, 2.24) is 19.5 Å². The molecule has 0 aliphatic heterocycles. The Morgan fingerprint density at radius 2 is 2.11 bits per heavy atom. The summed E-state index contributed by atoms with van der Waals surface area (Å²) < 4.78 is 14.3. The number of benzene rings is 1. The van der Waals surface area contributed by atoms with E-state index in [9.17, 15) is 14.0 Å². The van der Waals surface area contributed by atoms with E-state index in [1.807, 2.05) is 17.5 Å². The number of halogens is 1. The van der Waals surface area contributed by atoms with Crippen LogP contribution in [0.15, 0.2) is 57.6 Å². The first-order chi connectivity index (χ1) is 13.1. The van der Waals surface area contributed by atoms with Gasteiger partial charge in [-0.3, -0.25) is 9.78 Å². The average molecular weight is 383 g/mol. The Morgan fingerprint density at radius 1 is 1.22 bits per heavy atom. The van der Waals surface area contributed by atoms with Crippen molar-refractivity contribution in [2.24, 2.45) is 0 Å². The van der Waals surface area contributed by atoms with E-state index in [4.69, 9.17) is 0 Å². The van der Waals surface area contributed by atoms with Crippen molar-refractivity contribution in [3.63, 3.8) is 0 Å². The number of aromatic amines is 1. The van der Waals surface area contributed by atoms with Crippen LogP contribution in [0.2, 0.25) is 0 Å². The Labute approximate surface area is 156 Å². The van der Waals surface area contributed by atoms with Gasteiger partial charge in [-0.2, -0.15) is 4.98 Å². The zero-order valence-electron chi connectivity index (χ0n) is 14.0. The van der Waals surface area contributed by atoms with Crippen LogP contribution in [-0.2, 0) is 6.42 Å². The number of H-pyrrole nitrogens is 1. The SMILES string of the molecule is O=c1[nH]c2nc(NCCc3cccs3)ncc2c(=O)n1-c1cccc(F)c1. The van der Waals surface area contributed by atoms with Crippen molar-refractivity contribution in [3.8, 4) is 5.69 Å². The van der Waals surface area contributed by atoms with Crippen molar-refractivity contribution in [1.29, 1.82) is 0 Å². The molecule has 0 unspecified atom stereocenters. The molecule has 0 amide bonds. The first kappa shape index (κ1) is 17.1. The molecule has 2 N–H and O–H groups in total. The smallest absolute Gasteiger partial charge is 0.334 e. The summed E-state index contributed by atoms with van der Waals surface area (Å²) in [4.78, 5) is 37.2. The number of thiophene rings is 1. The van der Waals surface area contributed by atoms with Gasteiger partial charge in [0.15, 0.2) is 5.65 Å². The predicted octanol–water partition coefficient (Wildman–Crippen LogP) is 2.32. The molecule has 4 rings (SSSR count). The molecule has 3 heterocycles. The number of nitrogens with one attached hydrogen (secondary N) is 2. The molecule has 9 heteroatoms. The molecule has 27 heavy (non-hydrogen) atoms. The molecule has 3 aromatic heterocycles. The summed E-state index contributed by atoms with van der Waals surface area (Å²) in [5.74, 6) is -0.224. The van der Waals surface area contributed by atoms with Gasteiger partial charge < -0.3 is 5.32 Å². The van der Waals surface area contributed by atoms with E-state index >= 15 is 0 Å². The van der Waals surface area contributed by atoms with Crippen molar-refractivity contribution in [2.75, 3.05) is 11.9 Å². The van der Waals surface area contributed by atoms with Crippen LogP contribution in [0.3, 0.4) is 0 Å².